The van der Waals surface area contributed by atoms with Crippen LogP contribution in [-0.4, -0.2) is 69.0 Å². The van der Waals surface area contributed by atoms with Crippen LogP contribution in [0.15, 0.2) is 47.3 Å². The first-order valence-electron chi connectivity index (χ1n) is 13.2. The Kier molecular flexibility index (Phi) is 6.67. The molecule has 2 atom stereocenters. The number of halogens is 1. The molecule has 2 aliphatic heterocycles. The molecule has 0 amide bonds. The van der Waals surface area contributed by atoms with Gasteiger partial charge in [0.1, 0.15) is 11.9 Å². The van der Waals surface area contributed by atoms with E-state index in [-0.39, 0.29) is 17.5 Å². The molecule has 2 aliphatic rings. The number of aromatic nitrogens is 5. The number of pyridine rings is 1. The lowest BCUT2D eigenvalue weighted by Gasteiger charge is -2.39. The van der Waals surface area contributed by atoms with E-state index in [1.54, 1.807) is 10.7 Å². The van der Waals surface area contributed by atoms with Crippen molar-refractivity contribution in [1.29, 1.82) is 0 Å². The number of aryl methyl sites for hydroxylation is 2. The van der Waals surface area contributed by atoms with Crippen molar-refractivity contribution in [2.24, 2.45) is 0 Å². The molecule has 2 aromatic carbocycles. The van der Waals surface area contributed by atoms with Crippen molar-refractivity contribution in [3.05, 3.63) is 81.2 Å². The lowest BCUT2D eigenvalue weighted by molar-refractivity contribution is 0.0906. The Labute approximate surface area is 220 Å². The highest BCUT2D eigenvalue weighted by Crippen LogP contribution is 2.31. The first-order valence-corrected chi connectivity index (χ1v) is 13.2. The van der Waals surface area contributed by atoms with E-state index in [2.05, 4.69) is 36.4 Å². The number of rotatable bonds is 6. The SMILES string of the molecule is Cc1ccc(C)c2[nH]c(=O)c([C@@H](c3nnnn3C[C@@H]3CCCO3)N3CCN(c4ccccc4F)CC3)cc12. The van der Waals surface area contributed by atoms with Crippen LogP contribution in [0, 0.1) is 19.7 Å². The van der Waals surface area contributed by atoms with Gasteiger partial charge in [0.05, 0.1) is 23.9 Å². The van der Waals surface area contributed by atoms with Crippen LogP contribution in [0.2, 0.25) is 0 Å². The van der Waals surface area contributed by atoms with Gasteiger partial charge in [-0.1, -0.05) is 24.3 Å². The van der Waals surface area contributed by atoms with Gasteiger partial charge in [0.15, 0.2) is 5.82 Å². The van der Waals surface area contributed by atoms with E-state index in [0.717, 1.165) is 41.5 Å². The summed E-state index contributed by atoms with van der Waals surface area (Å²) in [6.45, 7) is 7.81. The monoisotopic (exact) mass is 517 g/mol. The molecule has 9 nitrogen and oxygen atoms in total. The van der Waals surface area contributed by atoms with Gasteiger partial charge >= 0.3 is 0 Å². The maximum Gasteiger partial charge on any atom is 0.253 e. The first-order chi connectivity index (χ1) is 18.5. The summed E-state index contributed by atoms with van der Waals surface area (Å²) in [6, 6.07) is 12.5. The molecule has 38 heavy (non-hydrogen) atoms. The van der Waals surface area contributed by atoms with Crippen LogP contribution in [0.1, 0.15) is 41.4 Å². The zero-order valence-corrected chi connectivity index (χ0v) is 21.7. The van der Waals surface area contributed by atoms with Gasteiger partial charge in [-0.25, -0.2) is 9.07 Å². The van der Waals surface area contributed by atoms with Gasteiger partial charge in [-0.3, -0.25) is 9.69 Å². The quantitative estimate of drug-likeness (QED) is 0.419. The van der Waals surface area contributed by atoms with Crippen molar-refractivity contribution in [3.8, 4) is 0 Å². The summed E-state index contributed by atoms with van der Waals surface area (Å²) in [6.07, 6.45) is 2.03. The number of aromatic amines is 1. The predicted molar refractivity (Wildman–Crippen MR) is 143 cm³/mol. The number of para-hydroxylation sites is 1. The molecule has 198 valence electrons. The third-order valence-corrected chi connectivity index (χ3v) is 7.84. The molecule has 0 unspecified atom stereocenters. The number of H-pyrrole nitrogens is 1. The summed E-state index contributed by atoms with van der Waals surface area (Å²) in [4.78, 5) is 21.0. The van der Waals surface area contributed by atoms with Gasteiger partial charge in [-0.15, -0.1) is 5.10 Å². The molecule has 2 fully saturated rings. The maximum atomic E-state index is 14.5. The lowest BCUT2D eigenvalue weighted by Crippen LogP contribution is -2.49. The molecule has 6 rings (SSSR count). The fourth-order valence-corrected chi connectivity index (χ4v) is 5.74. The maximum absolute atomic E-state index is 14.5. The Morgan fingerprint density at radius 3 is 2.66 bits per heavy atom. The predicted octanol–water partition coefficient (Wildman–Crippen LogP) is 3.36. The van der Waals surface area contributed by atoms with Gasteiger partial charge < -0.3 is 14.6 Å². The van der Waals surface area contributed by atoms with E-state index in [4.69, 9.17) is 4.74 Å². The Morgan fingerprint density at radius 2 is 1.89 bits per heavy atom. The summed E-state index contributed by atoms with van der Waals surface area (Å²) in [7, 11) is 0. The third-order valence-electron chi connectivity index (χ3n) is 7.84. The molecule has 4 heterocycles. The van der Waals surface area contributed by atoms with E-state index >= 15 is 0 Å². The number of hydrogen-bond acceptors (Lipinski definition) is 7. The number of nitrogens with zero attached hydrogens (tertiary/aromatic N) is 6. The molecule has 0 saturated carbocycles. The van der Waals surface area contributed by atoms with Gasteiger partial charge in [0.25, 0.3) is 5.56 Å². The van der Waals surface area contributed by atoms with Crippen LogP contribution < -0.4 is 10.5 Å². The molecular weight excluding hydrogens is 485 g/mol. The van der Waals surface area contributed by atoms with Crippen LogP contribution in [0.4, 0.5) is 10.1 Å². The number of hydrogen-bond donors (Lipinski definition) is 1. The van der Waals surface area contributed by atoms with Crippen molar-refractivity contribution in [1.82, 2.24) is 30.1 Å². The molecule has 0 bridgehead atoms. The summed E-state index contributed by atoms with van der Waals surface area (Å²) >= 11 is 0. The standard InChI is InChI=1S/C28H32FN7O2/c1-18-9-10-19(2)25-21(18)16-22(28(37)30-25)26(27-31-32-33-36(27)17-20-6-5-15-38-20)35-13-11-34(12-14-35)24-8-4-3-7-23(24)29/h3-4,7-10,16,20,26H,5-6,11-15,17H2,1-2H3,(H,30,37)/t20-,26-/m0/s1. The molecule has 0 aliphatic carbocycles. The van der Waals surface area contributed by atoms with Crippen molar-refractivity contribution in [2.45, 2.75) is 45.4 Å². The molecule has 2 aromatic heterocycles. The van der Waals surface area contributed by atoms with E-state index in [1.165, 1.54) is 6.07 Å². The van der Waals surface area contributed by atoms with Crippen LogP contribution in [0.5, 0.6) is 0 Å². The minimum atomic E-state index is -0.456. The van der Waals surface area contributed by atoms with E-state index in [9.17, 15) is 9.18 Å². The Bertz CT molecular complexity index is 1500. The summed E-state index contributed by atoms with van der Waals surface area (Å²) in [5.41, 5.74) is 4.01. The fourth-order valence-electron chi connectivity index (χ4n) is 5.74. The number of benzene rings is 2. The second-order valence-corrected chi connectivity index (χ2v) is 10.3. The van der Waals surface area contributed by atoms with Crippen LogP contribution in [0.25, 0.3) is 10.9 Å². The van der Waals surface area contributed by atoms with E-state index in [1.807, 2.05) is 38.1 Å². The van der Waals surface area contributed by atoms with Crippen molar-refractivity contribution in [3.63, 3.8) is 0 Å². The summed E-state index contributed by atoms with van der Waals surface area (Å²) in [5.74, 6) is 0.393. The number of anilines is 1. The molecule has 4 aromatic rings. The molecule has 10 heteroatoms. The number of ether oxygens (including phenoxy) is 1. The normalized spacial score (nSPS) is 19.3. The zero-order chi connectivity index (χ0) is 26.2. The van der Waals surface area contributed by atoms with Crippen molar-refractivity contribution >= 4 is 16.6 Å². The van der Waals surface area contributed by atoms with E-state index < -0.39 is 6.04 Å². The van der Waals surface area contributed by atoms with Crippen molar-refractivity contribution < 1.29 is 9.13 Å². The van der Waals surface area contributed by atoms with Gasteiger partial charge in [-0.05, 0) is 66.4 Å². The Morgan fingerprint density at radius 1 is 1.11 bits per heavy atom. The fraction of sp³-hybridized carbons (Fsp3) is 0.429. The highest BCUT2D eigenvalue weighted by molar-refractivity contribution is 5.85. The minimum absolute atomic E-state index is 0.0515. The number of piperazine rings is 1. The van der Waals surface area contributed by atoms with Gasteiger partial charge in [-0.2, -0.15) is 0 Å². The van der Waals surface area contributed by atoms with Gasteiger partial charge in [0.2, 0.25) is 0 Å². The van der Waals surface area contributed by atoms with Crippen LogP contribution in [0.3, 0.4) is 0 Å². The van der Waals surface area contributed by atoms with Gasteiger partial charge in [0, 0.05) is 43.7 Å². The average Bonchev–Trinajstić information content (AvgIpc) is 3.61. The van der Waals surface area contributed by atoms with E-state index in [0.29, 0.717) is 49.8 Å². The number of fused-ring (bicyclic) bond motifs is 1. The number of tetrazole rings is 1. The summed E-state index contributed by atoms with van der Waals surface area (Å²) in [5, 5.41) is 13.8. The summed E-state index contributed by atoms with van der Waals surface area (Å²) < 4.78 is 22.1. The average molecular weight is 518 g/mol. The largest absolute Gasteiger partial charge is 0.376 e. The van der Waals surface area contributed by atoms with Crippen LogP contribution >= 0.6 is 0 Å². The molecular formula is C28H32FN7O2. The topological polar surface area (TPSA) is 92.2 Å². The molecule has 0 radical (unpaired) electrons. The van der Waals surface area contributed by atoms with Crippen molar-refractivity contribution in [2.75, 3.05) is 37.7 Å². The molecule has 2 saturated heterocycles. The zero-order valence-electron chi connectivity index (χ0n) is 21.7. The Hall–Kier alpha value is -3.63. The smallest absolute Gasteiger partial charge is 0.253 e. The molecule has 0 spiro atoms. The second-order valence-electron chi connectivity index (χ2n) is 10.3. The highest BCUT2D eigenvalue weighted by Gasteiger charge is 2.34. The second kappa shape index (κ2) is 10.3. The first kappa shape index (κ1) is 24.7. The lowest BCUT2D eigenvalue weighted by atomic mass is 9.99. The molecule has 1 N–H and O–H groups in total. The minimum Gasteiger partial charge on any atom is -0.376 e. The third kappa shape index (κ3) is 4.58. The Balaban J connectivity index is 1.39. The highest BCUT2D eigenvalue weighted by atomic mass is 19.1. The number of nitrogens with one attached hydrogen (secondary N) is 1. The van der Waals surface area contributed by atoms with Crippen LogP contribution in [-0.2, 0) is 11.3 Å².